The molecule has 3 heteroatoms. The Morgan fingerprint density at radius 3 is 2.87 bits per heavy atom. The van der Waals surface area contributed by atoms with Crippen molar-refractivity contribution in [2.45, 2.75) is 36.5 Å². The minimum absolute atomic E-state index is 0.653. The number of imidazole rings is 1. The Kier molecular flexibility index (Phi) is 2.20. The molecule has 1 aromatic carbocycles. The summed E-state index contributed by atoms with van der Waals surface area (Å²) in [5.41, 5.74) is 2.18. The van der Waals surface area contributed by atoms with E-state index in [2.05, 4.69) is 22.6 Å². The fraction of sp³-hybridized carbons (Fsp3) is 0.417. The van der Waals surface area contributed by atoms with E-state index in [1.54, 1.807) is 0 Å². The van der Waals surface area contributed by atoms with Crippen molar-refractivity contribution < 1.29 is 0 Å². The second-order valence-corrected chi connectivity index (χ2v) is 4.82. The van der Waals surface area contributed by atoms with E-state index in [1.807, 2.05) is 18.2 Å². The first-order valence-corrected chi connectivity index (χ1v) is 5.96. The molecule has 1 aromatic heterocycles. The molecule has 3 rings (SSSR count). The molecule has 1 saturated carbocycles. The standard InChI is InChI=1S/C12H14N2S/c15-9-5-6-10-11(7-9)14-12(13-10)8-3-1-2-4-8/h5-8,15H,1-4H2,(H,13,14). The van der Waals surface area contributed by atoms with Gasteiger partial charge in [-0.2, -0.15) is 0 Å². The van der Waals surface area contributed by atoms with E-state index >= 15 is 0 Å². The lowest BCUT2D eigenvalue weighted by molar-refractivity contribution is 0.681. The number of aromatic nitrogens is 2. The summed E-state index contributed by atoms with van der Waals surface area (Å²) < 4.78 is 0. The lowest BCUT2D eigenvalue weighted by Crippen LogP contribution is -1.93. The fourth-order valence-electron chi connectivity index (χ4n) is 2.41. The highest BCUT2D eigenvalue weighted by Gasteiger charge is 2.20. The maximum Gasteiger partial charge on any atom is 0.110 e. The first-order valence-electron chi connectivity index (χ1n) is 5.51. The molecule has 15 heavy (non-hydrogen) atoms. The van der Waals surface area contributed by atoms with Gasteiger partial charge in [0, 0.05) is 10.8 Å². The van der Waals surface area contributed by atoms with Crippen LogP contribution in [0.5, 0.6) is 0 Å². The number of rotatable bonds is 1. The van der Waals surface area contributed by atoms with Crippen LogP contribution in [-0.4, -0.2) is 9.97 Å². The second-order valence-electron chi connectivity index (χ2n) is 4.30. The highest BCUT2D eigenvalue weighted by atomic mass is 32.1. The molecule has 1 N–H and O–H groups in total. The molecule has 0 bridgehead atoms. The monoisotopic (exact) mass is 218 g/mol. The van der Waals surface area contributed by atoms with Gasteiger partial charge < -0.3 is 4.98 Å². The fourth-order valence-corrected chi connectivity index (χ4v) is 2.61. The molecule has 0 aliphatic heterocycles. The molecule has 0 radical (unpaired) electrons. The van der Waals surface area contributed by atoms with Crippen LogP contribution in [-0.2, 0) is 0 Å². The molecule has 0 unspecified atom stereocenters. The molecule has 1 fully saturated rings. The van der Waals surface area contributed by atoms with Crippen molar-refractivity contribution >= 4 is 23.7 Å². The van der Waals surface area contributed by atoms with Crippen LogP contribution in [0.2, 0.25) is 0 Å². The molecular weight excluding hydrogens is 204 g/mol. The van der Waals surface area contributed by atoms with E-state index in [4.69, 9.17) is 0 Å². The van der Waals surface area contributed by atoms with Crippen molar-refractivity contribution in [1.29, 1.82) is 0 Å². The molecule has 2 nitrogen and oxygen atoms in total. The van der Waals surface area contributed by atoms with Gasteiger partial charge in [0.2, 0.25) is 0 Å². The van der Waals surface area contributed by atoms with Crippen LogP contribution < -0.4 is 0 Å². The van der Waals surface area contributed by atoms with E-state index in [9.17, 15) is 0 Å². The van der Waals surface area contributed by atoms with Crippen molar-refractivity contribution in [3.8, 4) is 0 Å². The highest BCUT2D eigenvalue weighted by molar-refractivity contribution is 7.80. The lowest BCUT2D eigenvalue weighted by Gasteiger charge is -2.02. The Hall–Kier alpha value is -0.960. The van der Waals surface area contributed by atoms with E-state index in [0.717, 1.165) is 15.9 Å². The maximum absolute atomic E-state index is 4.65. The number of thiol groups is 1. The van der Waals surface area contributed by atoms with E-state index in [-0.39, 0.29) is 0 Å². The van der Waals surface area contributed by atoms with Crippen LogP contribution in [0, 0.1) is 0 Å². The zero-order valence-corrected chi connectivity index (χ0v) is 9.43. The van der Waals surface area contributed by atoms with Crippen LogP contribution in [0.3, 0.4) is 0 Å². The minimum atomic E-state index is 0.653. The second kappa shape index (κ2) is 3.56. The lowest BCUT2D eigenvalue weighted by atomic mass is 10.1. The van der Waals surface area contributed by atoms with Crippen molar-refractivity contribution in [2.24, 2.45) is 0 Å². The van der Waals surface area contributed by atoms with Gasteiger partial charge in [-0.3, -0.25) is 0 Å². The van der Waals surface area contributed by atoms with Crippen molar-refractivity contribution in [2.75, 3.05) is 0 Å². The average molecular weight is 218 g/mol. The maximum atomic E-state index is 4.65. The molecule has 78 valence electrons. The van der Waals surface area contributed by atoms with E-state index in [1.165, 1.54) is 31.5 Å². The molecule has 0 spiro atoms. The number of hydrogen-bond acceptors (Lipinski definition) is 2. The quantitative estimate of drug-likeness (QED) is 0.705. The number of H-pyrrole nitrogens is 1. The Labute approximate surface area is 94.5 Å². The molecule has 0 amide bonds. The Morgan fingerprint density at radius 2 is 2.07 bits per heavy atom. The van der Waals surface area contributed by atoms with Gasteiger partial charge in [0.25, 0.3) is 0 Å². The van der Waals surface area contributed by atoms with Crippen LogP contribution in [0.15, 0.2) is 23.1 Å². The summed E-state index contributed by atoms with van der Waals surface area (Å²) in [4.78, 5) is 9.05. The number of hydrogen-bond donors (Lipinski definition) is 2. The summed E-state index contributed by atoms with van der Waals surface area (Å²) in [7, 11) is 0. The van der Waals surface area contributed by atoms with Crippen molar-refractivity contribution in [3.05, 3.63) is 24.0 Å². The summed E-state index contributed by atoms with van der Waals surface area (Å²) in [5, 5.41) is 0. The Bertz CT molecular complexity index is 483. The topological polar surface area (TPSA) is 28.7 Å². The molecule has 2 aromatic rings. The summed E-state index contributed by atoms with van der Waals surface area (Å²) >= 11 is 4.33. The Balaban J connectivity index is 2.05. The molecule has 0 atom stereocenters. The number of nitrogens with one attached hydrogen (secondary N) is 1. The summed E-state index contributed by atoms with van der Waals surface area (Å²) in [5.74, 6) is 1.82. The predicted molar refractivity (Wildman–Crippen MR) is 64.6 cm³/mol. The van der Waals surface area contributed by atoms with E-state index in [0.29, 0.717) is 5.92 Å². The van der Waals surface area contributed by atoms with Gasteiger partial charge in [-0.05, 0) is 31.0 Å². The number of benzene rings is 1. The Morgan fingerprint density at radius 1 is 1.27 bits per heavy atom. The first-order chi connectivity index (χ1) is 7.33. The van der Waals surface area contributed by atoms with Gasteiger partial charge in [-0.15, -0.1) is 12.6 Å². The predicted octanol–water partition coefficient (Wildman–Crippen LogP) is 3.51. The third kappa shape index (κ3) is 1.65. The van der Waals surface area contributed by atoms with Crippen LogP contribution >= 0.6 is 12.6 Å². The van der Waals surface area contributed by atoms with E-state index < -0.39 is 0 Å². The third-order valence-corrected chi connectivity index (χ3v) is 3.50. The first kappa shape index (κ1) is 9.28. The van der Waals surface area contributed by atoms with Crippen LogP contribution in [0.4, 0.5) is 0 Å². The molecule has 1 aliphatic rings. The van der Waals surface area contributed by atoms with Gasteiger partial charge in [0.15, 0.2) is 0 Å². The summed E-state index contributed by atoms with van der Waals surface area (Å²) in [6, 6.07) is 6.07. The number of aromatic amines is 1. The van der Waals surface area contributed by atoms with Gasteiger partial charge in [0.1, 0.15) is 5.82 Å². The smallest absolute Gasteiger partial charge is 0.110 e. The molecular formula is C12H14N2S. The number of fused-ring (bicyclic) bond motifs is 1. The largest absolute Gasteiger partial charge is 0.342 e. The van der Waals surface area contributed by atoms with Crippen LogP contribution in [0.25, 0.3) is 11.0 Å². The normalized spacial score (nSPS) is 17.7. The van der Waals surface area contributed by atoms with Crippen molar-refractivity contribution in [1.82, 2.24) is 9.97 Å². The van der Waals surface area contributed by atoms with Gasteiger partial charge in [-0.1, -0.05) is 12.8 Å². The van der Waals surface area contributed by atoms with Gasteiger partial charge >= 0.3 is 0 Å². The SMILES string of the molecule is Sc1ccc2nc(C3CCCC3)[nH]c2c1. The molecule has 1 aliphatic carbocycles. The molecule has 0 saturated heterocycles. The zero-order chi connectivity index (χ0) is 10.3. The summed E-state index contributed by atoms with van der Waals surface area (Å²) in [6.45, 7) is 0. The zero-order valence-electron chi connectivity index (χ0n) is 8.53. The average Bonchev–Trinajstić information content (AvgIpc) is 2.84. The van der Waals surface area contributed by atoms with Crippen LogP contribution in [0.1, 0.15) is 37.4 Å². The van der Waals surface area contributed by atoms with Gasteiger partial charge in [0.05, 0.1) is 11.0 Å². The van der Waals surface area contributed by atoms with Gasteiger partial charge in [-0.25, -0.2) is 4.98 Å². The molecule has 1 heterocycles. The van der Waals surface area contributed by atoms with Crippen molar-refractivity contribution in [3.63, 3.8) is 0 Å². The highest BCUT2D eigenvalue weighted by Crippen LogP contribution is 2.33. The third-order valence-electron chi connectivity index (χ3n) is 3.23. The summed E-state index contributed by atoms with van der Waals surface area (Å²) in [6.07, 6.45) is 5.26. The number of nitrogens with zero attached hydrogens (tertiary/aromatic N) is 1. The minimum Gasteiger partial charge on any atom is -0.342 e.